The van der Waals surface area contributed by atoms with Crippen molar-refractivity contribution in [2.75, 3.05) is 13.1 Å². The molecule has 1 aliphatic heterocycles. The third-order valence-electron chi connectivity index (χ3n) is 4.66. The zero-order chi connectivity index (χ0) is 16.5. The topological polar surface area (TPSA) is 55.5 Å². The zero-order valence-corrected chi connectivity index (χ0v) is 14.0. The summed E-state index contributed by atoms with van der Waals surface area (Å²) in [6.45, 7) is 1.53. The van der Waals surface area contributed by atoms with Gasteiger partial charge >= 0.3 is 5.76 Å². The predicted molar refractivity (Wildman–Crippen MR) is 93.3 cm³/mol. The summed E-state index contributed by atoms with van der Waals surface area (Å²) >= 11 is 1.78. The van der Waals surface area contributed by atoms with Crippen LogP contribution in [0, 0.1) is 0 Å². The van der Waals surface area contributed by atoms with Crippen LogP contribution in [0.25, 0.3) is 11.1 Å². The van der Waals surface area contributed by atoms with Gasteiger partial charge in [-0.25, -0.2) is 4.79 Å². The van der Waals surface area contributed by atoms with Crippen LogP contribution < -0.4 is 5.76 Å². The highest BCUT2D eigenvalue weighted by molar-refractivity contribution is 7.10. The molecule has 3 aromatic rings. The average Bonchev–Trinajstić information content (AvgIpc) is 3.24. The van der Waals surface area contributed by atoms with Crippen LogP contribution in [-0.4, -0.2) is 28.5 Å². The van der Waals surface area contributed by atoms with Crippen molar-refractivity contribution in [2.45, 2.75) is 25.3 Å². The highest BCUT2D eigenvalue weighted by atomic mass is 32.1. The standard InChI is InChI=1S/C18H18N2O3S/c21-17(12-20-14-4-1-2-5-15(14)23-18(20)22)19-9-7-13(8-10-19)16-6-3-11-24-16/h1-6,11,13H,7-10,12H2. The molecule has 124 valence electrons. The number of hydrogen-bond donors (Lipinski definition) is 0. The lowest BCUT2D eigenvalue weighted by Gasteiger charge is -2.31. The minimum atomic E-state index is -0.474. The Labute approximate surface area is 143 Å². The largest absolute Gasteiger partial charge is 0.420 e. The van der Waals surface area contributed by atoms with Crippen LogP contribution in [-0.2, 0) is 11.3 Å². The molecule has 5 nitrogen and oxygen atoms in total. The van der Waals surface area contributed by atoms with E-state index in [2.05, 4.69) is 17.5 Å². The SMILES string of the molecule is O=C(Cn1c(=O)oc2ccccc21)N1CCC(c2cccs2)CC1. The van der Waals surface area contributed by atoms with E-state index >= 15 is 0 Å². The van der Waals surface area contributed by atoms with Gasteiger partial charge in [0.15, 0.2) is 5.58 Å². The summed E-state index contributed by atoms with van der Waals surface area (Å²) in [6, 6.07) is 11.4. The quantitative estimate of drug-likeness (QED) is 0.735. The lowest BCUT2D eigenvalue weighted by Crippen LogP contribution is -2.40. The van der Waals surface area contributed by atoms with Gasteiger partial charge in [-0.05, 0) is 42.3 Å². The summed E-state index contributed by atoms with van der Waals surface area (Å²) in [5.74, 6) is 0.0535. The highest BCUT2D eigenvalue weighted by Crippen LogP contribution is 2.31. The number of fused-ring (bicyclic) bond motifs is 1. The molecule has 0 N–H and O–H groups in total. The van der Waals surface area contributed by atoms with Crippen molar-refractivity contribution in [3.8, 4) is 0 Å². The second-order valence-corrected chi connectivity index (χ2v) is 7.07. The van der Waals surface area contributed by atoms with Gasteiger partial charge in [0.2, 0.25) is 5.91 Å². The van der Waals surface area contributed by atoms with E-state index in [1.54, 1.807) is 23.5 Å². The maximum atomic E-state index is 12.6. The first kappa shape index (κ1) is 15.2. The summed E-state index contributed by atoms with van der Waals surface area (Å²) in [6.07, 6.45) is 1.96. The number of aromatic nitrogens is 1. The molecule has 0 unspecified atom stereocenters. The van der Waals surface area contributed by atoms with Crippen LogP contribution in [0.3, 0.4) is 0 Å². The molecule has 0 aliphatic carbocycles. The minimum Gasteiger partial charge on any atom is -0.408 e. The smallest absolute Gasteiger partial charge is 0.408 e. The molecule has 1 fully saturated rings. The first-order chi connectivity index (χ1) is 11.7. The van der Waals surface area contributed by atoms with Crippen molar-refractivity contribution in [3.05, 3.63) is 57.2 Å². The number of amides is 1. The fourth-order valence-corrected chi connectivity index (χ4v) is 4.24. The van der Waals surface area contributed by atoms with E-state index in [-0.39, 0.29) is 12.5 Å². The van der Waals surface area contributed by atoms with E-state index in [9.17, 15) is 9.59 Å². The Bertz CT molecular complexity index is 902. The Balaban J connectivity index is 1.45. The molecule has 0 atom stereocenters. The number of oxazole rings is 1. The molecule has 1 aliphatic rings. The summed E-state index contributed by atoms with van der Waals surface area (Å²) < 4.78 is 6.61. The maximum absolute atomic E-state index is 12.6. The van der Waals surface area contributed by atoms with Crippen molar-refractivity contribution < 1.29 is 9.21 Å². The van der Waals surface area contributed by atoms with Crippen molar-refractivity contribution >= 4 is 28.3 Å². The van der Waals surface area contributed by atoms with Gasteiger partial charge in [-0.1, -0.05) is 18.2 Å². The number of piperidine rings is 1. The van der Waals surface area contributed by atoms with Crippen LogP contribution >= 0.6 is 11.3 Å². The van der Waals surface area contributed by atoms with Gasteiger partial charge < -0.3 is 9.32 Å². The summed E-state index contributed by atoms with van der Waals surface area (Å²) in [5.41, 5.74) is 1.19. The van der Waals surface area contributed by atoms with E-state index in [4.69, 9.17) is 4.42 Å². The molecule has 1 amide bonds. The number of thiophene rings is 1. The van der Waals surface area contributed by atoms with Gasteiger partial charge in [-0.3, -0.25) is 9.36 Å². The van der Waals surface area contributed by atoms with Gasteiger partial charge in [0, 0.05) is 18.0 Å². The zero-order valence-electron chi connectivity index (χ0n) is 13.2. The number of rotatable bonds is 3. The Morgan fingerprint density at radius 1 is 1.17 bits per heavy atom. The molecule has 0 saturated carbocycles. The van der Waals surface area contributed by atoms with Crippen molar-refractivity contribution in [1.29, 1.82) is 0 Å². The molecule has 0 bridgehead atoms. The van der Waals surface area contributed by atoms with E-state index in [0.717, 1.165) is 25.9 Å². The highest BCUT2D eigenvalue weighted by Gasteiger charge is 2.25. The Morgan fingerprint density at radius 3 is 2.71 bits per heavy atom. The second-order valence-electron chi connectivity index (χ2n) is 6.09. The van der Waals surface area contributed by atoms with E-state index in [0.29, 0.717) is 17.0 Å². The van der Waals surface area contributed by atoms with Crippen molar-refractivity contribution in [1.82, 2.24) is 9.47 Å². The van der Waals surface area contributed by atoms with Crippen LogP contribution in [0.1, 0.15) is 23.6 Å². The van der Waals surface area contributed by atoms with Gasteiger partial charge in [-0.2, -0.15) is 0 Å². The number of nitrogens with zero attached hydrogens (tertiary/aromatic N) is 2. The van der Waals surface area contributed by atoms with E-state index in [1.165, 1.54) is 9.44 Å². The van der Waals surface area contributed by atoms with Crippen LogP contribution in [0.4, 0.5) is 0 Å². The van der Waals surface area contributed by atoms with Gasteiger partial charge in [0.05, 0.1) is 5.52 Å². The fourth-order valence-electron chi connectivity index (χ4n) is 3.34. The first-order valence-corrected chi connectivity index (χ1v) is 9.00. The Kier molecular flexibility index (Phi) is 3.98. The molecule has 4 rings (SSSR count). The van der Waals surface area contributed by atoms with Gasteiger partial charge in [-0.15, -0.1) is 11.3 Å². The number of carbonyl (C=O) groups excluding carboxylic acids is 1. The molecule has 1 saturated heterocycles. The number of likely N-dealkylation sites (tertiary alicyclic amines) is 1. The molecule has 0 spiro atoms. The molecular formula is C18H18N2O3S. The van der Waals surface area contributed by atoms with Crippen LogP contribution in [0.5, 0.6) is 0 Å². The summed E-state index contributed by atoms with van der Waals surface area (Å²) in [7, 11) is 0. The minimum absolute atomic E-state index is 0.0201. The monoisotopic (exact) mass is 342 g/mol. The van der Waals surface area contributed by atoms with E-state index in [1.807, 2.05) is 17.0 Å². The number of para-hydroxylation sites is 2. The number of benzene rings is 1. The summed E-state index contributed by atoms with van der Waals surface area (Å²) in [5, 5.41) is 2.10. The lowest BCUT2D eigenvalue weighted by atomic mass is 9.95. The molecule has 3 heterocycles. The first-order valence-electron chi connectivity index (χ1n) is 8.12. The third kappa shape index (κ3) is 2.78. The second kappa shape index (κ2) is 6.28. The number of hydrogen-bond acceptors (Lipinski definition) is 4. The van der Waals surface area contributed by atoms with Gasteiger partial charge in [0.25, 0.3) is 0 Å². The normalized spacial score (nSPS) is 15.9. The molecule has 2 aromatic heterocycles. The molecular weight excluding hydrogens is 324 g/mol. The van der Waals surface area contributed by atoms with Crippen LogP contribution in [0.15, 0.2) is 51.0 Å². The molecule has 6 heteroatoms. The van der Waals surface area contributed by atoms with Crippen molar-refractivity contribution in [2.24, 2.45) is 0 Å². The van der Waals surface area contributed by atoms with Crippen molar-refractivity contribution in [3.63, 3.8) is 0 Å². The lowest BCUT2D eigenvalue weighted by molar-refractivity contribution is -0.132. The molecule has 1 aromatic carbocycles. The summed E-state index contributed by atoms with van der Waals surface area (Å²) in [4.78, 5) is 27.8. The third-order valence-corrected chi connectivity index (χ3v) is 5.70. The fraction of sp³-hybridized carbons (Fsp3) is 0.333. The van der Waals surface area contributed by atoms with E-state index < -0.39 is 5.76 Å². The Hall–Kier alpha value is -2.34. The molecule has 0 radical (unpaired) electrons. The molecule has 24 heavy (non-hydrogen) atoms. The Morgan fingerprint density at radius 2 is 1.96 bits per heavy atom. The number of carbonyl (C=O) groups is 1. The van der Waals surface area contributed by atoms with Gasteiger partial charge in [0.1, 0.15) is 6.54 Å². The maximum Gasteiger partial charge on any atom is 0.420 e. The van der Waals surface area contributed by atoms with Crippen LogP contribution in [0.2, 0.25) is 0 Å². The predicted octanol–water partition coefficient (Wildman–Crippen LogP) is 3.06. The average molecular weight is 342 g/mol.